The fourth-order valence-electron chi connectivity index (χ4n) is 1.21. The van der Waals surface area contributed by atoms with Crippen molar-refractivity contribution in [1.82, 2.24) is 14.9 Å². The minimum atomic E-state index is -3.57. The minimum Gasteiger partial charge on any atom is -0.388 e. The summed E-state index contributed by atoms with van der Waals surface area (Å²) in [5, 5.41) is 13.1. The van der Waals surface area contributed by atoms with E-state index in [9.17, 15) is 8.42 Å². The Bertz CT molecular complexity index is 439. The number of hydrogen-bond donors (Lipinski definition) is 4. The molecule has 0 spiro atoms. The van der Waals surface area contributed by atoms with Crippen LogP contribution in [0.4, 0.5) is 0 Å². The van der Waals surface area contributed by atoms with E-state index in [2.05, 4.69) is 14.9 Å². The first-order chi connectivity index (χ1) is 7.45. The SMILES string of the molecule is CCC(CC(=N)N)NS(=O)(=O)c1cn[nH]c1. The predicted octanol–water partition coefficient (Wildman–Crippen LogP) is -0.207. The van der Waals surface area contributed by atoms with Gasteiger partial charge >= 0.3 is 0 Å². The molecule has 1 unspecified atom stereocenters. The molecule has 0 saturated carbocycles. The normalized spacial score (nSPS) is 13.6. The van der Waals surface area contributed by atoms with Gasteiger partial charge in [-0.25, -0.2) is 13.1 Å². The Balaban J connectivity index is 2.75. The first-order valence-electron chi connectivity index (χ1n) is 4.79. The van der Waals surface area contributed by atoms with Crippen LogP contribution in [0.25, 0.3) is 0 Å². The Labute approximate surface area is 94.0 Å². The second-order valence-electron chi connectivity index (χ2n) is 3.39. The molecule has 0 amide bonds. The molecule has 90 valence electrons. The Morgan fingerprint density at radius 1 is 1.75 bits per heavy atom. The minimum absolute atomic E-state index is 0.0401. The van der Waals surface area contributed by atoms with Crippen LogP contribution in [-0.2, 0) is 10.0 Å². The maximum absolute atomic E-state index is 11.8. The topological polar surface area (TPSA) is 125 Å². The lowest BCUT2D eigenvalue weighted by Gasteiger charge is -2.15. The summed E-state index contributed by atoms with van der Waals surface area (Å²) in [7, 11) is -3.57. The summed E-state index contributed by atoms with van der Waals surface area (Å²) in [4.78, 5) is 0.0782. The molecule has 0 aromatic carbocycles. The molecule has 0 aliphatic rings. The third-order valence-corrected chi connectivity index (χ3v) is 3.55. The van der Waals surface area contributed by atoms with Crippen molar-refractivity contribution in [1.29, 1.82) is 5.41 Å². The van der Waals surface area contributed by atoms with Crippen LogP contribution in [0.15, 0.2) is 17.3 Å². The summed E-state index contributed by atoms with van der Waals surface area (Å²) in [6.07, 6.45) is 3.29. The zero-order valence-electron chi connectivity index (χ0n) is 8.90. The van der Waals surface area contributed by atoms with Crippen LogP contribution in [0, 0.1) is 5.41 Å². The Morgan fingerprint density at radius 2 is 2.44 bits per heavy atom. The van der Waals surface area contributed by atoms with Gasteiger partial charge in [0.25, 0.3) is 0 Å². The number of nitrogens with one attached hydrogen (secondary N) is 3. The van der Waals surface area contributed by atoms with Crippen molar-refractivity contribution in [3.05, 3.63) is 12.4 Å². The first kappa shape index (κ1) is 12.7. The van der Waals surface area contributed by atoms with Crippen molar-refractivity contribution >= 4 is 15.9 Å². The van der Waals surface area contributed by atoms with Crippen LogP contribution in [0.1, 0.15) is 19.8 Å². The number of hydrogen-bond acceptors (Lipinski definition) is 4. The van der Waals surface area contributed by atoms with Gasteiger partial charge in [0.05, 0.1) is 12.0 Å². The van der Waals surface area contributed by atoms with E-state index in [0.717, 1.165) is 0 Å². The highest BCUT2D eigenvalue weighted by molar-refractivity contribution is 7.89. The zero-order chi connectivity index (χ0) is 12.2. The van der Waals surface area contributed by atoms with E-state index >= 15 is 0 Å². The predicted molar refractivity (Wildman–Crippen MR) is 59.5 cm³/mol. The average molecular weight is 245 g/mol. The number of nitrogens with two attached hydrogens (primary N) is 1. The summed E-state index contributed by atoms with van der Waals surface area (Å²) >= 11 is 0. The molecular formula is C8H15N5O2S. The Kier molecular flexibility index (Phi) is 4.02. The number of rotatable bonds is 6. The van der Waals surface area contributed by atoms with Crippen molar-refractivity contribution in [2.24, 2.45) is 5.73 Å². The highest BCUT2D eigenvalue weighted by Gasteiger charge is 2.20. The van der Waals surface area contributed by atoms with E-state index in [0.29, 0.717) is 6.42 Å². The molecule has 1 rings (SSSR count). The van der Waals surface area contributed by atoms with Gasteiger partial charge in [0, 0.05) is 18.7 Å². The lowest BCUT2D eigenvalue weighted by molar-refractivity contribution is 0.545. The number of amidine groups is 1. The van der Waals surface area contributed by atoms with Gasteiger partial charge in [-0.2, -0.15) is 5.10 Å². The van der Waals surface area contributed by atoms with Gasteiger partial charge in [-0.3, -0.25) is 10.5 Å². The number of H-pyrrole nitrogens is 1. The van der Waals surface area contributed by atoms with Gasteiger partial charge in [0.2, 0.25) is 10.0 Å². The highest BCUT2D eigenvalue weighted by atomic mass is 32.2. The second kappa shape index (κ2) is 5.08. The molecule has 0 aliphatic carbocycles. The average Bonchev–Trinajstić information content (AvgIpc) is 2.68. The van der Waals surface area contributed by atoms with Gasteiger partial charge in [0.15, 0.2) is 0 Å². The molecule has 8 heteroatoms. The summed E-state index contributed by atoms with van der Waals surface area (Å²) in [6.45, 7) is 1.82. The Morgan fingerprint density at radius 3 is 2.88 bits per heavy atom. The highest BCUT2D eigenvalue weighted by Crippen LogP contribution is 2.08. The van der Waals surface area contributed by atoms with E-state index in [4.69, 9.17) is 11.1 Å². The van der Waals surface area contributed by atoms with Crippen LogP contribution >= 0.6 is 0 Å². The van der Waals surface area contributed by atoms with Gasteiger partial charge in [-0.05, 0) is 6.42 Å². The van der Waals surface area contributed by atoms with E-state index in [1.807, 2.05) is 6.92 Å². The van der Waals surface area contributed by atoms with Crippen molar-refractivity contribution in [3.63, 3.8) is 0 Å². The molecule has 1 heterocycles. The van der Waals surface area contributed by atoms with Crippen molar-refractivity contribution in [2.45, 2.75) is 30.7 Å². The zero-order valence-corrected chi connectivity index (χ0v) is 9.71. The summed E-state index contributed by atoms with van der Waals surface area (Å²) in [5.41, 5.74) is 5.24. The largest absolute Gasteiger partial charge is 0.388 e. The summed E-state index contributed by atoms with van der Waals surface area (Å²) in [5.74, 6) is -0.0401. The molecule has 0 bridgehead atoms. The molecule has 1 aromatic rings. The van der Waals surface area contributed by atoms with E-state index in [-0.39, 0.29) is 23.2 Å². The van der Waals surface area contributed by atoms with Crippen LogP contribution < -0.4 is 10.5 Å². The van der Waals surface area contributed by atoms with Crippen LogP contribution in [0.5, 0.6) is 0 Å². The number of sulfonamides is 1. The third kappa shape index (κ3) is 3.31. The van der Waals surface area contributed by atoms with E-state index in [1.54, 1.807) is 0 Å². The fourth-order valence-corrected chi connectivity index (χ4v) is 2.43. The van der Waals surface area contributed by atoms with E-state index < -0.39 is 10.0 Å². The van der Waals surface area contributed by atoms with Crippen LogP contribution in [0.3, 0.4) is 0 Å². The molecular weight excluding hydrogens is 230 g/mol. The fraction of sp³-hybridized carbons (Fsp3) is 0.500. The lowest BCUT2D eigenvalue weighted by atomic mass is 10.1. The van der Waals surface area contributed by atoms with Crippen molar-refractivity contribution < 1.29 is 8.42 Å². The van der Waals surface area contributed by atoms with Crippen LogP contribution in [-0.4, -0.2) is 30.5 Å². The van der Waals surface area contributed by atoms with Gasteiger partial charge in [-0.15, -0.1) is 0 Å². The second-order valence-corrected chi connectivity index (χ2v) is 5.10. The van der Waals surface area contributed by atoms with Gasteiger partial charge < -0.3 is 5.73 Å². The third-order valence-electron chi connectivity index (χ3n) is 2.06. The number of aromatic amines is 1. The van der Waals surface area contributed by atoms with Crippen molar-refractivity contribution in [3.8, 4) is 0 Å². The molecule has 1 aromatic heterocycles. The molecule has 7 nitrogen and oxygen atoms in total. The molecule has 16 heavy (non-hydrogen) atoms. The number of nitrogens with zero attached hydrogens (tertiary/aromatic N) is 1. The maximum atomic E-state index is 11.8. The molecule has 0 radical (unpaired) electrons. The van der Waals surface area contributed by atoms with Gasteiger partial charge in [-0.1, -0.05) is 6.92 Å². The Hall–Kier alpha value is -1.41. The van der Waals surface area contributed by atoms with Crippen LogP contribution in [0.2, 0.25) is 0 Å². The maximum Gasteiger partial charge on any atom is 0.243 e. The van der Waals surface area contributed by atoms with Gasteiger partial charge in [0.1, 0.15) is 4.90 Å². The summed E-state index contributed by atoms with van der Waals surface area (Å²) < 4.78 is 26.0. The standard InChI is InChI=1S/C8H15N5O2S/c1-2-6(3-8(9)10)13-16(14,15)7-4-11-12-5-7/h4-6,13H,2-3H2,1H3,(H3,9,10)(H,11,12). The lowest BCUT2D eigenvalue weighted by Crippen LogP contribution is -2.37. The molecule has 1 atom stereocenters. The molecule has 0 fully saturated rings. The van der Waals surface area contributed by atoms with E-state index in [1.165, 1.54) is 12.4 Å². The smallest absolute Gasteiger partial charge is 0.243 e. The first-order valence-corrected chi connectivity index (χ1v) is 6.28. The quantitative estimate of drug-likeness (QED) is 0.409. The van der Waals surface area contributed by atoms with Crippen molar-refractivity contribution in [2.75, 3.05) is 0 Å². The number of aromatic nitrogens is 2. The molecule has 5 N–H and O–H groups in total. The molecule has 0 saturated heterocycles. The monoisotopic (exact) mass is 245 g/mol. The summed E-state index contributed by atoms with van der Waals surface area (Å²) in [6, 6.07) is -0.364. The molecule has 0 aliphatic heterocycles.